The number of piperidine rings is 1. The van der Waals surface area contributed by atoms with Gasteiger partial charge in [-0.25, -0.2) is 19.7 Å². The van der Waals surface area contributed by atoms with E-state index < -0.39 is 18.0 Å². The highest BCUT2D eigenvalue weighted by Gasteiger charge is 2.39. The Morgan fingerprint density at radius 3 is 2.57 bits per heavy atom. The van der Waals surface area contributed by atoms with E-state index >= 15 is 0 Å². The van der Waals surface area contributed by atoms with Crippen LogP contribution in [0.4, 0.5) is 21.9 Å². The average Bonchev–Trinajstić information content (AvgIpc) is 3.86. The molecule has 0 spiro atoms. The molecule has 1 unspecified atom stereocenters. The number of imidazole rings is 1. The number of ether oxygens (including phenoxy) is 2. The predicted octanol–water partition coefficient (Wildman–Crippen LogP) is 3.95. The van der Waals surface area contributed by atoms with Crippen molar-refractivity contribution in [3.05, 3.63) is 70.9 Å². The highest BCUT2D eigenvalue weighted by atomic mass is 35.5. The molecule has 3 aromatic heterocycles. The Kier molecular flexibility index (Phi) is 13.2. The van der Waals surface area contributed by atoms with E-state index in [0.717, 1.165) is 75.4 Å². The molecule has 1 aromatic carbocycles. The van der Waals surface area contributed by atoms with Gasteiger partial charge >= 0.3 is 6.03 Å². The zero-order valence-electron chi connectivity index (χ0n) is 33.9. The van der Waals surface area contributed by atoms with Crippen molar-refractivity contribution >= 4 is 64.1 Å². The molecule has 4 aliphatic rings. The Hall–Kier alpha value is -5.85. The maximum absolute atomic E-state index is 13.3. The van der Waals surface area contributed by atoms with Gasteiger partial charge in [-0.05, 0) is 49.1 Å². The number of fused-ring (bicyclic) bond motifs is 2. The monoisotopic (exact) mass is 855 g/mol. The Balaban J connectivity index is 0.717. The molecule has 2 saturated heterocycles. The second-order valence-corrected chi connectivity index (χ2v) is 16.2. The number of rotatable bonds is 15. The summed E-state index contributed by atoms with van der Waals surface area (Å²) in [5.41, 5.74) is 4.24. The predicted molar refractivity (Wildman–Crippen MR) is 226 cm³/mol. The van der Waals surface area contributed by atoms with Crippen molar-refractivity contribution in [2.24, 2.45) is 0 Å². The number of hydrogen-bond donors (Lipinski definition) is 4. The molecule has 19 heteroatoms. The molecular weight excluding hydrogens is 806 g/mol. The number of benzene rings is 1. The summed E-state index contributed by atoms with van der Waals surface area (Å²) in [5, 5.41) is 11.3. The van der Waals surface area contributed by atoms with E-state index in [1.54, 1.807) is 27.8 Å². The Bertz CT molecular complexity index is 2270. The Labute approximate surface area is 357 Å². The summed E-state index contributed by atoms with van der Waals surface area (Å²) in [6.07, 6.45) is 12.9. The van der Waals surface area contributed by atoms with E-state index in [0.29, 0.717) is 41.6 Å². The van der Waals surface area contributed by atoms with Crippen molar-refractivity contribution in [1.82, 2.24) is 39.8 Å². The zero-order valence-corrected chi connectivity index (χ0v) is 34.6. The number of nitrogens with one attached hydrogen (secondary N) is 4. The van der Waals surface area contributed by atoms with Crippen LogP contribution < -0.4 is 30.9 Å². The smallest absolute Gasteiger partial charge is 0.323 e. The molecule has 6 heterocycles. The number of carbonyl (C=O) groups is 5. The van der Waals surface area contributed by atoms with Crippen LogP contribution in [0.2, 0.25) is 5.02 Å². The van der Waals surface area contributed by atoms with Crippen molar-refractivity contribution < 1.29 is 33.4 Å². The fourth-order valence-corrected chi connectivity index (χ4v) is 8.59. The average molecular weight is 856 g/mol. The number of aromatic nitrogens is 4. The first-order valence-corrected chi connectivity index (χ1v) is 21.4. The van der Waals surface area contributed by atoms with Crippen LogP contribution in [0.25, 0.3) is 5.78 Å². The number of anilines is 3. The van der Waals surface area contributed by atoms with E-state index in [9.17, 15) is 24.0 Å². The SMILES string of the molecule is O=C(CCOCCN1CCN(c2ccc3c(c2)CN(C2CCC(=O)NC2=O)C3=O)CC1)NCCOc1ncc(Cl)cc1NC(=O)Nc1cn2ccnc2nc1C1CCCCC1. The number of carbonyl (C=O) groups excluding carboxylic acids is 5. The van der Waals surface area contributed by atoms with E-state index in [1.165, 1.54) is 12.6 Å². The van der Waals surface area contributed by atoms with Crippen molar-refractivity contribution in [1.29, 1.82) is 0 Å². The maximum atomic E-state index is 13.3. The molecule has 0 bridgehead atoms. The number of piperazine rings is 1. The number of hydrogen-bond acceptors (Lipinski definition) is 12. The van der Waals surface area contributed by atoms with Crippen LogP contribution >= 0.6 is 11.6 Å². The number of pyridine rings is 1. The maximum Gasteiger partial charge on any atom is 0.323 e. The van der Waals surface area contributed by atoms with Gasteiger partial charge in [0.1, 0.15) is 18.3 Å². The molecule has 3 fully saturated rings. The first kappa shape index (κ1) is 41.9. The van der Waals surface area contributed by atoms with Gasteiger partial charge in [0.05, 0.1) is 36.2 Å². The van der Waals surface area contributed by atoms with Crippen molar-refractivity contribution in [3.8, 4) is 5.88 Å². The molecule has 1 atom stereocenters. The fourth-order valence-electron chi connectivity index (χ4n) is 8.43. The van der Waals surface area contributed by atoms with Crippen LogP contribution in [-0.4, -0.2) is 124 Å². The van der Waals surface area contributed by atoms with Gasteiger partial charge in [0.25, 0.3) is 5.91 Å². The third-order valence-corrected chi connectivity index (χ3v) is 11.9. The van der Waals surface area contributed by atoms with Crippen LogP contribution in [0.3, 0.4) is 0 Å². The minimum absolute atomic E-state index is 0.112. The minimum Gasteiger partial charge on any atom is -0.474 e. The molecule has 3 aliphatic heterocycles. The molecule has 0 radical (unpaired) electrons. The van der Waals surface area contributed by atoms with Gasteiger partial charge in [0, 0.05) is 94.1 Å². The standard InChI is InChI=1S/C42H50ClN11O7/c43-29-23-32(47-42(59)48-33-26-53-13-11-45-41(53)50-37(33)27-4-2-1-3-5-27)39(46-24-29)61-20-12-44-35(55)10-19-60-21-18-51-14-16-52(17-15-51)30-6-7-31-28(22-30)25-54(40(31)58)34-8-9-36(56)49-38(34)57/h6-7,11,13,22-24,26-27,34H,1-5,8-10,12,14-21,25H2,(H,44,55)(H2,47,48,59)(H,49,56,57). The zero-order chi connectivity index (χ0) is 42.3. The summed E-state index contributed by atoms with van der Waals surface area (Å²) in [5.74, 6) is -0.0767. The van der Waals surface area contributed by atoms with Crippen LogP contribution in [0.5, 0.6) is 5.88 Å². The summed E-state index contributed by atoms with van der Waals surface area (Å²) in [4.78, 5) is 82.4. The molecule has 1 aliphatic carbocycles. The molecule has 4 aromatic rings. The number of urea groups is 1. The van der Waals surface area contributed by atoms with Gasteiger partial charge in [-0.15, -0.1) is 0 Å². The normalized spacial score (nSPS) is 18.6. The van der Waals surface area contributed by atoms with Crippen molar-refractivity contribution in [2.45, 2.75) is 69.9 Å². The molecule has 4 N–H and O–H groups in total. The van der Waals surface area contributed by atoms with Crippen LogP contribution in [0.1, 0.15) is 78.9 Å². The van der Waals surface area contributed by atoms with E-state index in [1.807, 2.05) is 24.4 Å². The van der Waals surface area contributed by atoms with Crippen molar-refractivity contribution in [2.75, 3.05) is 74.6 Å². The van der Waals surface area contributed by atoms with Gasteiger partial charge in [0.2, 0.25) is 29.4 Å². The lowest BCUT2D eigenvalue weighted by Crippen LogP contribution is -2.52. The largest absolute Gasteiger partial charge is 0.474 e. The summed E-state index contributed by atoms with van der Waals surface area (Å²) < 4.78 is 13.4. The summed E-state index contributed by atoms with van der Waals surface area (Å²) in [7, 11) is 0. The minimum atomic E-state index is -0.630. The number of nitrogens with zero attached hydrogens (tertiary/aromatic N) is 7. The third-order valence-electron chi connectivity index (χ3n) is 11.7. The van der Waals surface area contributed by atoms with E-state index in [2.05, 4.69) is 41.0 Å². The van der Waals surface area contributed by atoms with Crippen LogP contribution in [-0.2, 0) is 25.7 Å². The lowest BCUT2D eigenvalue weighted by atomic mass is 9.86. The van der Waals surface area contributed by atoms with Gasteiger partial charge in [0.15, 0.2) is 0 Å². The van der Waals surface area contributed by atoms with Crippen molar-refractivity contribution in [3.63, 3.8) is 0 Å². The van der Waals surface area contributed by atoms with Gasteiger partial charge in [-0.2, -0.15) is 0 Å². The van der Waals surface area contributed by atoms with Gasteiger partial charge in [-0.3, -0.25) is 33.8 Å². The third kappa shape index (κ3) is 10.2. The first-order valence-electron chi connectivity index (χ1n) is 21.0. The summed E-state index contributed by atoms with van der Waals surface area (Å²) in [6.45, 7) is 5.51. The Morgan fingerprint density at radius 2 is 1.75 bits per heavy atom. The molecule has 1 saturated carbocycles. The molecule has 8 rings (SSSR count). The van der Waals surface area contributed by atoms with Crippen LogP contribution in [0.15, 0.2) is 49.1 Å². The topological polar surface area (TPSA) is 205 Å². The summed E-state index contributed by atoms with van der Waals surface area (Å²) >= 11 is 6.23. The quantitative estimate of drug-likeness (QED) is 0.0992. The lowest BCUT2D eigenvalue weighted by molar-refractivity contribution is -0.137. The second-order valence-electron chi connectivity index (χ2n) is 15.7. The number of imide groups is 1. The summed E-state index contributed by atoms with van der Waals surface area (Å²) in [6, 6.07) is 6.26. The highest BCUT2D eigenvalue weighted by Crippen LogP contribution is 2.36. The number of halogens is 1. The van der Waals surface area contributed by atoms with Gasteiger partial charge < -0.3 is 35.2 Å². The second kappa shape index (κ2) is 19.2. The molecule has 61 heavy (non-hydrogen) atoms. The first-order chi connectivity index (χ1) is 29.7. The molecule has 6 amide bonds. The molecule has 18 nitrogen and oxygen atoms in total. The molecular formula is C42H50ClN11O7. The van der Waals surface area contributed by atoms with E-state index in [-0.39, 0.29) is 67.8 Å². The highest BCUT2D eigenvalue weighted by molar-refractivity contribution is 6.30. The van der Waals surface area contributed by atoms with Crippen LogP contribution in [0, 0.1) is 0 Å². The fraction of sp³-hybridized carbons (Fsp3) is 0.476. The van der Waals surface area contributed by atoms with Gasteiger partial charge in [-0.1, -0.05) is 30.9 Å². The lowest BCUT2D eigenvalue weighted by Gasteiger charge is -2.36. The molecule has 322 valence electrons. The van der Waals surface area contributed by atoms with E-state index in [4.69, 9.17) is 26.1 Å². The Morgan fingerprint density at radius 1 is 0.934 bits per heavy atom. The number of amides is 6.